The Kier molecular flexibility index (Phi) is 6.02. The van der Waals surface area contributed by atoms with Crippen molar-refractivity contribution < 1.29 is 9.25 Å². The van der Waals surface area contributed by atoms with Gasteiger partial charge < -0.3 is 15.8 Å². The van der Waals surface area contributed by atoms with Crippen molar-refractivity contribution in [3.8, 4) is 11.8 Å². The fourth-order valence-electron chi connectivity index (χ4n) is 4.62. The molecule has 0 amide bonds. The van der Waals surface area contributed by atoms with Crippen LogP contribution in [-0.4, -0.2) is 61.1 Å². The Hall–Kier alpha value is -2.89. The number of allylic oxidation sites excluding steroid dienone is 1. The molecule has 0 aliphatic carbocycles. The minimum Gasteiger partial charge on any atom is -0.490 e. The van der Waals surface area contributed by atoms with Gasteiger partial charge in [-0.05, 0) is 32.7 Å². The zero-order valence-electron chi connectivity index (χ0n) is 17.7. The summed E-state index contributed by atoms with van der Waals surface area (Å²) in [6.07, 6.45) is 8.60. The summed E-state index contributed by atoms with van der Waals surface area (Å²) in [5.41, 5.74) is 9.95. The molecule has 158 valence electrons. The average molecular weight is 409 g/mol. The molecule has 2 aliphatic heterocycles. The lowest BCUT2D eigenvalue weighted by atomic mass is 10.0. The van der Waals surface area contributed by atoms with Gasteiger partial charge in [0.25, 0.3) is 5.52 Å². The van der Waals surface area contributed by atoms with Gasteiger partial charge in [-0.25, -0.2) is 0 Å². The monoisotopic (exact) mass is 408 g/mol. The summed E-state index contributed by atoms with van der Waals surface area (Å²) in [7, 11) is 1.60. The van der Waals surface area contributed by atoms with E-state index in [1.807, 2.05) is 19.2 Å². The van der Waals surface area contributed by atoms with Crippen LogP contribution in [0.4, 0.5) is 0 Å². The Morgan fingerprint density at radius 3 is 2.83 bits per heavy atom. The molecule has 2 saturated heterocycles. The van der Waals surface area contributed by atoms with Gasteiger partial charge in [-0.2, -0.15) is 10.4 Å². The molecular weight excluding hydrogens is 378 g/mol. The molecule has 2 aromatic heterocycles. The topological polar surface area (TPSA) is 107 Å². The zero-order chi connectivity index (χ0) is 21.1. The molecule has 0 aromatic carbocycles. The second-order valence-corrected chi connectivity index (χ2v) is 8.02. The van der Waals surface area contributed by atoms with Crippen LogP contribution >= 0.6 is 0 Å². The maximum atomic E-state index is 9.33. The van der Waals surface area contributed by atoms with E-state index in [0.717, 1.165) is 55.9 Å². The summed E-state index contributed by atoms with van der Waals surface area (Å²) < 4.78 is 7.33. The Balaban J connectivity index is 1.53. The molecule has 2 fully saturated rings. The van der Waals surface area contributed by atoms with Crippen molar-refractivity contribution in [3.63, 3.8) is 0 Å². The second kappa shape index (κ2) is 8.86. The van der Waals surface area contributed by atoms with E-state index < -0.39 is 0 Å². The fraction of sp³-hybridized carbons (Fsp3) is 0.500. The zero-order valence-corrected chi connectivity index (χ0v) is 17.7. The van der Waals surface area contributed by atoms with E-state index in [9.17, 15) is 5.26 Å². The molecule has 0 radical (unpaired) electrons. The number of pyridine rings is 1. The molecule has 0 unspecified atom stereocenters. The first-order valence-electron chi connectivity index (χ1n) is 10.6. The first kappa shape index (κ1) is 20.4. The van der Waals surface area contributed by atoms with Crippen LogP contribution in [0.5, 0.6) is 5.75 Å². The fourth-order valence-corrected chi connectivity index (χ4v) is 4.62. The van der Waals surface area contributed by atoms with Crippen LogP contribution in [0.25, 0.3) is 11.1 Å². The number of nitrogens with two attached hydrogens (primary N) is 1. The highest BCUT2D eigenvalue weighted by atomic mass is 16.5. The SMILES string of the molecule is COc1cc(/C(=C/N)C(C)=NC2CCN([C@H]3CCNC3)CC2)c[n+]2[nH]cc(C#N)c12. The number of aromatic amines is 1. The summed E-state index contributed by atoms with van der Waals surface area (Å²) >= 11 is 0. The van der Waals surface area contributed by atoms with Crippen LogP contribution in [0.3, 0.4) is 0 Å². The van der Waals surface area contributed by atoms with Crippen LogP contribution in [0, 0.1) is 11.3 Å². The van der Waals surface area contributed by atoms with E-state index in [1.165, 1.54) is 6.42 Å². The van der Waals surface area contributed by atoms with Gasteiger partial charge in [-0.15, -0.1) is 0 Å². The summed E-state index contributed by atoms with van der Waals surface area (Å²) in [6, 6.07) is 5.10. The van der Waals surface area contributed by atoms with Crippen LogP contribution in [0.1, 0.15) is 37.3 Å². The number of fused-ring (bicyclic) bond motifs is 1. The maximum absolute atomic E-state index is 9.33. The highest BCUT2D eigenvalue weighted by Crippen LogP contribution is 2.26. The maximum Gasteiger partial charge on any atom is 0.296 e. The van der Waals surface area contributed by atoms with Crippen molar-refractivity contribution in [3.05, 3.63) is 35.8 Å². The largest absolute Gasteiger partial charge is 0.490 e. The van der Waals surface area contributed by atoms with E-state index >= 15 is 0 Å². The summed E-state index contributed by atoms with van der Waals surface area (Å²) in [4.78, 5) is 7.62. The van der Waals surface area contributed by atoms with E-state index in [1.54, 1.807) is 24.0 Å². The van der Waals surface area contributed by atoms with Crippen molar-refractivity contribution in [2.75, 3.05) is 33.3 Å². The summed E-state index contributed by atoms with van der Waals surface area (Å²) in [5, 5.41) is 15.9. The van der Waals surface area contributed by atoms with Gasteiger partial charge >= 0.3 is 0 Å². The normalized spacial score (nSPS) is 21.8. The number of aromatic nitrogens is 2. The minimum absolute atomic E-state index is 0.319. The molecule has 8 nitrogen and oxygen atoms in total. The minimum atomic E-state index is 0.319. The lowest BCUT2D eigenvalue weighted by molar-refractivity contribution is -0.577. The number of H-pyrrole nitrogens is 1. The third-order valence-corrected chi connectivity index (χ3v) is 6.27. The number of aliphatic imine (C=N–C) groups is 1. The van der Waals surface area contributed by atoms with Gasteiger partial charge in [-0.1, -0.05) is 4.52 Å². The van der Waals surface area contributed by atoms with Gasteiger partial charge in [0, 0.05) is 49.2 Å². The van der Waals surface area contributed by atoms with Gasteiger partial charge in [0.1, 0.15) is 6.07 Å². The molecule has 0 bridgehead atoms. The first-order valence-corrected chi connectivity index (χ1v) is 10.6. The third-order valence-electron chi connectivity index (χ3n) is 6.27. The molecule has 0 spiro atoms. The highest BCUT2D eigenvalue weighted by Gasteiger charge is 2.27. The van der Waals surface area contributed by atoms with E-state index in [0.29, 0.717) is 28.9 Å². The van der Waals surface area contributed by atoms with Gasteiger partial charge in [0.05, 0.1) is 24.9 Å². The average Bonchev–Trinajstić information content (AvgIpc) is 3.44. The molecule has 4 heterocycles. The van der Waals surface area contributed by atoms with Crippen LogP contribution in [-0.2, 0) is 0 Å². The second-order valence-electron chi connectivity index (χ2n) is 8.02. The van der Waals surface area contributed by atoms with Crippen molar-refractivity contribution in [2.45, 2.75) is 38.3 Å². The number of nitrogens with one attached hydrogen (secondary N) is 2. The van der Waals surface area contributed by atoms with Crippen LogP contribution < -0.4 is 20.3 Å². The van der Waals surface area contributed by atoms with Crippen molar-refractivity contribution in [1.29, 1.82) is 5.26 Å². The van der Waals surface area contributed by atoms with Crippen molar-refractivity contribution in [1.82, 2.24) is 15.3 Å². The number of hydrogen-bond donors (Lipinski definition) is 3. The number of rotatable bonds is 5. The first-order chi connectivity index (χ1) is 14.6. The molecule has 30 heavy (non-hydrogen) atoms. The van der Waals surface area contributed by atoms with E-state index in [-0.39, 0.29) is 0 Å². The van der Waals surface area contributed by atoms with E-state index in [2.05, 4.69) is 21.4 Å². The third kappa shape index (κ3) is 3.91. The standard InChI is InChI=1S/C22H29N7O/c1-15(27-18-4-7-28(8-5-18)19-3-6-25-13-19)20(11-24)16-9-21(30-2)22-17(10-23)12-26-29(22)14-16/h9,11-12,14,18-19,25H,3-8,13H2,1-2H3,(H2,24,27)/p+1/t19-/m0/s1. The number of nitrogens with zero attached hydrogens (tertiary/aromatic N) is 4. The van der Waals surface area contributed by atoms with E-state index in [4.69, 9.17) is 15.5 Å². The molecule has 4 N–H and O–H groups in total. The molecule has 4 rings (SSSR count). The molecule has 2 aliphatic rings. The van der Waals surface area contributed by atoms with Crippen LogP contribution in [0.15, 0.2) is 29.7 Å². The van der Waals surface area contributed by atoms with Crippen molar-refractivity contribution >= 4 is 16.8 Å². The van der Waals surface area contributed by atoms with Gasteiger partial charge in [-0.3, -0.25) is 9.89 Å². The predicted octanol–water partition coefficient (Wildman–Crippen LogP) is 1.22. The van der Waals surface area contributed by atoms with Crippen molar-refractivity contribution in [2.24, 2.45) is 10.7 Å². The quantitative estimate of drug-likeness (QED) is 0.509. The highest BCUT2D eigenvalue weighted by molar-refractivity contribution is 6.22. The Morgan fingerprint density at radius 2 is 2.20 bits per heavy atom. The molecule has 0 saturated carbocycles. The number of piperidine rings is 1. The Labute approximate surface area is 177 Å². The Morgan fingerprint density at radius 1 is 1.40 bits per heavy atom. The van der Waals surface area contributed by atoms with Gasteiger partial charge in [0.2, 0.25) is 6.20 Å². The molecule has 1 atom stereocenters. The predicted molar refractivity (Wildman–Crippen MR) is 116 cm³/mol. The molecule has 8 heteroatoms. The lowest BCUT2D eigenvalue weighted by Crippen LogP contribution is -2.43. The summed E-state index contributed by atoms with van der Waals surface area (Å²) in [6.45, 7) is 6.47. The van der Waals surface area contributed by atoms with Gasteiger partial charge in [0.15, 0.2) is 11.3 Å². The smallest absolute Gasteiger partial charge is 0.296 e. The van der Waals surface area contributed by atoms with Crippen LogP contribution in [0.2, 0.25) is 0 Å². The number of methoxy groups -OCH3 is 1. The summed E-state index contributed by atoms with van der Waals surface area (Å²) in [5.74, 6) is 0.621. The Bertz CT molecular complexity index is 1000. The number of hydrogen-bond acceptors (Lipinski definition) is 6. The lowest BCUT2D eigenvalue weighted by Gasteiger charge is -2.34. The number of ether oxygens (including phenoxy) is 1. The molecule has 2 aromatic rings. The number of likely N-dealkylation sites (tertiary alicyclic amines) is 1. The number of nitriles is 1. The molecular formula is C22H30N7O+.